The van der Waals surface area contributed by atoms with E-state index in [1.54, 1.807) is 0 Å². The van der Waals surface area contributed by atoms with E-state index in [0.717, 1.165) is 0 Å². The largest absolute Gasteiger partial charge is 0.507 e. The summed E-state index contributed by atoms with van der Waals surface area (Å²) in [6, 6.07) is 4.40. The number of carbonyl (C=O) groups excluding carboxylic acids is 1. The number of phenolic OH excluding ortho intramolecular Hbond substituents is 1. The molecular weight excluding hydrogens is 252 g/mol. The van der Waals surface area contributed by atoms with Crippen molar-refractivity contribution in [2.45, 2.75) is 19.4 Å². The Morgan fingerprint density at radius 1 is 1.44 bits per heavy atom. The Balaban J connectivity index is 2.75. The van der Waals surface area contributed by atoms with Gasteiger partial charge in [-0.3, -0.25) is 4.79 Å². The minimum atomic E-state index is -0.329. The summed E-state index contributed by atoms with van der Waals surface area (Å²) in [6.45, 7) is 4.51. The topological polar surface area (TPSA) is 52.6 Å². The highest BCUT2D eigenvalue weighted by Crippen LogP contribution is 2.21. The SMILES string of the molecule is CN(C)C(C)(C)CNC(=O)c1cc(Cl)ccc1O. The van der Waals surface area contributed by atoms with Gasteiger partial charge in [-0.2, -0.15) is 0 Å². The van der Waals surface area contributed by atoms with Gasteiger partial charge in [-0.05, 0) is 46.1 Å². The van der Waals surface area contributed by atoms with Crippen LogP contribution in [0.4, 0.5) is 0 Å². The standard InChI is InChI=1S/C13H19ClN2O2/c1-13(2,16(3)4)8-15-12(18)10-7-9(14)5-6-11(10)17/h5-7,17H,8H2,1-4H3,(H,15,18). The van der Waals surface area contributed by atoms with Gasteiger partial charge in [0.1, 0.15) is 5.75 Å². The molecule has 0 fully saturated rings. The molecule has 4 nitrogen and oxygen atoms in total. The molecule has 0 unspecified atom stereocenters. The van der Waals surface area contributed by atoms with E-state index >= 15 is 0 Å². The first kappa shape index (κ1) is 14.8. The summed E-state index contributed by atoms with van der Waals surface area (Å²) in [5.74, 6) is -0.399. The van der Waals surface area contributed by atoms with Crippen molar-refractivity contribution in [1.82, 2.24) is 10.2 Å². The number of hydrogen-bond donors (Lipinski definition) is 2. The maximum atomic E-state index is 11.9. The summed E-state index contributed by atoms with van der Waals surface area (Å²) in [7, 11) is 3.89. The van der Waals surface area contributed by atoms with Gasteiger partial charge < -0.3 is 15.3 Å². The van der Waals surface area contributed by atoms with E-state index in [1.165, 1.54) is 18.2 Å². The molecule has 0 heterocycles. The Bertz CT molecular complexity index is 445. The first-order valence-corrected chi connectivity index (χ1v) is 6.06. The number of phenols is 1. The molecule has 0 aliphatic heterocycles. The van der Waals surface area contributed by atoms with E-state index in [2.05, 4.69) is 5.32 Å². The molecule has 5 heteroatoms. The van der Waals surface area contributed by atoms with Gasteiger partial charge in [0.25, 0.3) is 5.91 Å². The van der Waals surface area contributed by atoms with Crippen LogP contribution in [-0.2, 0) is 0 Å². The predicted molar refractivity (Wildman–Crippen MR) is 73.2 cm³/mol. The second-order valence-corrected chi connectivity index (χ2v) is 5.49. The van der Waals surface area contributed by atoms with Crippen molar-refractivity contribution in [2.75, 3.05) is 20.6 Å². The number of carbonyl (C=O) groups is 1. The normalized spacial score (nSPS) is 11.7. The fraction of sp³-hybridized carbons (Fsp3) is 0.462. The van der Waals surface area contributed by atoms with Crippen molar-refractivity contribution in [2.24, 2.45) is 0 Å². The van der Waals surface area contributed by atoms with Gasteiger partial charge in [0.05, 0.1) is 5.56 Å². The molecule has 0 bridgehead atoms. The van der Waals surface area contributed by atoms with E-state index < -0.39 is 0 Å². The van der Waals surface area contributed by atoms with Gasteiger partial charge in [0.2, 0.25) is 0 Å². The van der Waals surface area contributed by atoms with Gasteiger partial charge >= 0.3 is 0 Å². The predicted octanol–water partition coefficient (Wildman–Crippen LogP) is 2.12. The zero-order valence-corrected chi connectivity index (χ0v) is 11.9. The van der Waals surface area contributed by atoms with Crippen LogP contribution in [0.15, 0.2) is 18.2 Å². The molecule has 0 saturated carbocycles. The van der Waals surface area contributed by atoms with Crippen LogP contribution in [0, 0.1) is 0 Å². The van der Waals surface area contributed by atoms with E-state index in [0.29, 0.717) is 11.6 Å². The molecule has 1 amide bonds. The van der Waals surface area contributed by atoms with Crippen molar-refractivity contribution < 1.29 is 9.90 Å². The maximum Gasteiger partial charge on any atom is 0.255 e. The summed E-state index contributed by atoms with van der Waals surface area (Å²) in [5.41, 5.74) is 0.0289. The molecule has 1 aromatic rings. The Labute approximate surface area is 113 Å². The van der Waals surface area contributed by atoms with Crippen molar-refractivity contribution in [3.63, 3.8) is 0 Å². The molecule has 18 heavy (non-hydrogen) atoms. The minimum absolute atomic E-state index is 0.0699. The highest BCUT2D eigenvalue weighted by molar-refractivity contribution is 6.31. The van der Waals surface area contributed by atoms with Crippen LogP contribution in [0.1, 0.15) is 24.2 Å². The van der Waals surface area contributed by atoms with Gasteiger partial charge in [0, 0.05) is 17.1 Å². The Morgan fingerprint density at radius 3 is 2.61 bits per heavy atom. The molecule has 1 aromatic carbocycles. The second-order valence-electron chi connectivity index (χ2n) is 5.05. The molecule has 100 valence electrons. The molecule has 0 aliphatic rings. The third kappa shape index (κ3) is 3.62. The van der Waals surface area contributed by atoms with E-state index in [-0.39, 0.29) is 22.8 Å². The third-order valence-corrected chi connectivity index (χ3v) is 3.33. The second kappa shape index (κ2) is 5.59. The minimum Gasteiger partial charge on any atom is -0.507 e. The fourth-order valence-electron chi connectivity index (χ4n) is 1.24. The molecule has 1 rings (SSSR count). The lowest BCUT2D eigenvalue weighted by Gasteiger charge is -2.32. The van der Waals surface area contributed by atoms with Crippen LogP contribution in [0.3, 0.4) is 0 Å². The van der Waals surface area contributed by atoms with Crippen LogP contribution in [0.25, 0.3) is 0 Å². The number of nitrogens with zero attached hydrogens (tertiary/aromatic N) is 1. The van der Waals surface area contributed by atoms with Crippen molar-refractivity contribution in [3.05, 3.63) is 28.8 Å². The molecule has 0 atom stereocenters. The smallest absolute Gasteiger partial charge is 0.255 e. The average molecular weight is 271 g/mol. The molecule has 0 aromatic heterocycles. The number of likely N-dealkylation sites (N-methyl/N-ethyl adjacent to an activating group) is 1. The Kier molecular flexibility index (Phi) is 4.59. The average Bonchev–Trinajstić information content (AvgIpc) is 2.29. The molecule has 2 N–H and O–H groups in total. The number of benzene rings is 1. The van der Waals surface area contributed by atoms with Crippen molar-refractivity contribution >= 4 is 17.5 Å². The van der Waals surface area contributed by atoms with Gasteiger partial charge in [-0.25, -0.2) is 0 Å². The summed E-state index contributed by atoms with van der Waals surface area (Å²) in [5, 5.41) is 12.8. The molecule has 0 saturated heterocycles. The summed E-state index contributed by atoms with van der Waals surface area (Å²) >= 11 is 5.80. The fourth-order valence-corrected chi connectivity index (χ4v) is 1.41. The van der Waals surface area contributed by atoms with E-state index in [1.807, 2.05) is 32.8 Å². The van der Waals surface area contributed by atoms with Crippen LogP contribution in [0.2, 0.25) is 5.02 Å². The molecule has 0 spiro atoms. The lowest BCUT2D eigenvalue weighted by molar-refractivity contribution is 0.0917. The highest BCUT2D eigenvalue weighted by Gasteiger charge is 2.22. The molecular formula is C13H19ClN2O2. The Hall–Kier alpha value is -1.26. The Morgan fingerprint density at radius 2 is 2.06 bits per heavy atom. The first-order chi connectivity index (χ1) is 8.24. The lowest BCUT2D eigenvalue weighted by atomic mass is 10.0. The van der Waals surface area contributed by atoms with E-state index in [9.17, 15) is 9.90 Å². The molecule has 0 aliphatic carbocycles. The zero-order chi connectivity index (χ0) is 13.9. The first-order valence-electron chi connectivity index (χ1n) is 5.68. The quantitative estimate of drug-likeness (QED) is 0.881. The third-order valence-electron chi connectivity index (χ3n) is 3.10. The van der Waals surface area contributed by atoms with Gasteiger partial charge in [-0.1, -0.05) is 11.6 Å². The maximum absolute atomic E-state index is 11.9. The number of aromatic hydroxyl groups is 1. The van der Waals surface area contributed by atoms with Crippen LogP contribution in [-0.4, -0.2) is 42.1 Å². The van der Waals surface area contributed by atoms with Crippen molar-refractivity contribution in [3.8, 4) is 5.75 Å². The van der Waals surface area contributed by atoms with Gasteiger partial charge in [0.15, 0.2) is 0 Å². The van der Waals surface area contributed by atoms with Crippen LogP contribution >= 0.6 is 11.6 Å². The van der Waals surface area contributed by atoms with Crippen LogP contribution in [0.5, 0.6) is 5.75 Å². The number of hydrogen-bond acceptors (Lipinski definition) is 3. The molecule has 0 radical (unpaired) electrons. The van der Waals surface area contributed by atoms with Crippen molar-refractivity contribution in [1.29, 1.82) is 0 Å². The van der Waals surface area contributed by atoms with Crippen LogP contribution < -0.4 is 5.32 Å². The zero-order valence-electron chi connectivity index (χ0n) is 11.1. The monoisotopic (exact) mass is 270 g/mol. The number of halogens is 1. The number of rotatable bonds is 4. The summed E-state index contributed by atoms with van der Waals surface area (Å²) in [6.07, 6.45) is 0. The van der Waals surface area contributed by atoms with Gasteiger partial charge in [-0.15, -0.1) is 0 Å². The summed E-state index contributed by atoms with van der Waals surface area (Å²) < 4.78 is 0. The lowest BCUT2D eigenvalue weighted by Crippen LogP contribution is -2.48. The van der Waals surface area contributed by atoms with E-state index in [4.69, 9.17) is 11.6 Å². The number of nitrogens with one attached hydrogen (secondary N) is 1. The highest BCUT2D eigenvalue weighted by atomic mass is 35.5. The summed E-state index contributed by atoms with van der Waals surface area (Å²) in [4.78, 5) is 14.0. The number of amides is 1.